The highest BCUT2D eigenvalue weighted by molar-refractivity contribution is 7.05. The molecular formula is C14H24N4O2S. The molecule has 2 aliphatic heterocycles. The first-order chi connectivity index (χ1) is 10.2. The molecule has 2 aliphatic rings. The summed E-state index contributed by atoms with van der Waals surface area (Å²) in [5.74, 6) is 6.67. The van der Waals surface area contributed by atoms with Gasteiger partial charge in [-0.2, -0.15) is 0 Å². The minimum Gasteiger partial charge on any atom is -0.378 e. The summed E-state index contributed by atoms with van der Waals surface area (Å²) >= 11 is 1.46. The topological polar surface area (TPSA) is 82.3 Å². The van der Waals surface area contributed by atoms with Crippen molar-refractivity contribution in [2.24, 2.45) is 11.8 Å². The summed E-state index contributed by atoms with van der Waals surface area (Å²) in [6.45, 7) is 6.56. The fourth-order valence-corrected chi connectivity index (χ4v) is 4.42. The molecule has 7 heteroatoms. The third kappa shape index (κ3) is 2.98. The third-order valence-corrected chi connectivity index (χ3v) is 5.44. The van der Waals surface area contributed by atoms with Crippen molar-refractivity contribution < 1.29 is 9.47 Å². The van der Waals surface area contributed by atoms with Crippen molar-refractivity contribution in [2.75, 3.05) is 19.8 Å². The fraction of sp³-hybridized carbons (Fsp3) is 0.857. The van der Waals surface area contributed by atoms with Crippen LogP contribution in [-0.4, -0.2) is 35.0 Å². The van der Waals surface area contributed by atoms with Crippen molar-refractivity contribution in [1.82, 2.24) is 15.0 Å². The Labute approximate surface area is 129 Å². The van der Waals surface area contributed by atoms with E-state index in [0.29, 0.717) is 18.4 Å². The largest absolute Gasteiger partial charge is 0.378 e. The van der Waals surface area contributed by atoms with E-state index in [2.05, 4.69) is 28.9 Å². The standard InChI is InChI=1S/C14H24N4O2S/c1-9(2)11-13(21-18-17-11)12(16-15)10-3-5-20-14(7-10)4-6-19-8-14/h9-10,12,16H,3-8,15H2,1-2H3. The smallest absolute Gasteiger partial charge is 0.0940 e. The van der Waals surface area contributed by atoms with Gasteiger partial charge < -0.3 is 9.47 Å². The molecule has 21 heavy (non-hydrogen) atoms. The van der Waals surface area contributed by atoms with Crippen molar-refractivity contribution in [3.8, 4) is 0 Å². The van der Waals surface area contributed by atoms with E-state index < -0.39 is 0 Å². The first kappa shape index (κ1) is 15.3. The Hall–Kier alpha value is -0.600. The van der Waals surface area contributed by atoms with Gasteiger partial charge in [0.15, 0.2) is 0 Å². The molecule has 2 saturated heterocycles. The Bertz CT molecular complexity index is 473. The molecule has 0 amide bonds. The minimum atomic E-state index is -0.103. The number of ether oxygens (including phenoxy) is 2. The molecular weight excluding hydrogens is 288 g/mol. The van der Waals surface area contributed by atoms with Crippen LogP contribution in [0.2, 0.25) is 0 Å². The number of rotatable bonds is 4. The maximum Gasteiger partial charge on any atom is 0.0940 e. The van der Waals surface area contributed by atoms with Crippen molar-refractivity contribution in [2.45, 2.75) is 50.7 Å². The Morgan fingerprint density at radius 1 is 1.43 bits per heavy atom. The molecule has 0 radical (unpaired) electrons. The SMILES string of the molecule is CC(C)c1nnsc1C(NN)C1CCOC2(CCOC2)C1. The van der Waals surface area contributed by atoms with Crippen LogP contribution in [0.25, 0.3) is 0 Å². The predicted molar refractivity (Wildman–Crippen MR) is 80.9 cm³/mol. The zero-order valence-electron chi connectivity index (χ0n) is 12.7. The second-order valence-electron chi connectivity index (χ2n) is 6.41. The van der Waals surface area contributed by atoms with E-state index >= 15 is 0 Å². The number of hydrogen-bond acceptors (Lipinski definition) is 7. The molecule has 3 atom stereocenters. The highest BCUT2D eigenvalue weighted by Crippen LogP contribution is 2.42. The molecule has 6 nitrogen and oxygen atoms in total. The average Bonchev–Trinajstić information content (AvgIpc) is 3.10. The van der Waals surface area contributed by atoms with Crippen molar-refractivity contribution >= 4 is 11.5 Å². The second-order valence-corrected chi connectivity index (χ2v) is 7.19. The molecule has 1 aromatic heterocycles. The molecule has 3 heterocycles. The summed E-state index contributed by atoms with van der Waals surface area (Å²) in [5.41, 5.74) is 3.97. The first-order valence-corrected chi connectivity index (χ1v) is 8.42. The van der Waals surface area contributed by atoms with Crippen molar-refractivity contribution in [3.05, 3.63) is 10.6 Å². The van der Waals surface area contributed by atoms with Gasteiger partial charge in [0.25, 0.3) is 0 Å². The van der Waals surface area contributed by atoms with Gasteiger partial charge in [-0.1, -0.05) is 18.3 Å². The molecule has 3 N–H and O–H groups in total. The third-order valence-electron chi connectivity index (χ3n) is 4.62. The zero-order valence-corrected chi connectivity index (χ0v) is 13.5. The number of nitrogens with one attached hydrogen (secondary N) is 1. The van der Waals surface area contributed by atoms with Gasteiger partial charge in [-0.05, 0) is 36.2 Å². The van der Waals surface area contributed by atoms with Crippen LogP contribution < -0.4 is 11.3 Å². The van der Waals surface area contributed by atoms with Gasteiger partial charge in [-0.25, -0.2) is 0 Å². The molecule has 0 saturated carbocycles. The van der Waals surface area contributed by atoms with Crippen molar-refractivity contribution in [1.29, 1.82) is 0 Å². The lowest BCUT2D eigenvalue weighted by Crippen LogP contribution is -2.45. The van der Waals surface area contributed by atoms with Gasteiger partial charge in [0.2, 0.25) is 0 Å². The summed E-state index contributed by atoms with van der Waals surface area (Å²) in [5, 5.41) is 4.29. The molecule has 0 bridgehead atoms. The molecule has 1 aromatic rings. The van der Waals surface area contributed by atoms with Gasteiger partial charge in [0.1, 0.15) is 0 Å². The van der Waals surface area contributed by atoms with Crippen LogP contribution in [0.4, 0.5) is 0 Å². The van der Waals surface area contributed by atoms with Gasteiger partial charge >= 0.3 is 0 Å². The minimum absolute atomic E-state index is 0.101. The summed E-state index contributed by atoms with van der Waals surface area (Å²) in [6, 6.07) is 0.101. The zero-order chi connectivity index (χ0) is 14.9. The molecule has 2 fully saturated rings. The normalized spacial score (nSPS) is 31.1. The summed E-state index contributed by atoms with van der Waals surface area (Å²) in [4.78, 5) is 1.17. The van der Waals surface area contributed by atoms with Crippen LogP contribution >= 0.6 is 11.5 Å². The van der Waals surface area contributed by atoms with Gasteiger partial charge in [-0.3, -0.25) is 11.3 Å². The van der Waals surface area contributed by atoms with E-state index in [1.54, 1.807) is 0 Å². The van der Waals surface area contributed by atoms with E-state index in [-0.39, 0.29) is 11.6 Å². The van der Waals surface area contributed by atoms with E-state index in [1.807, 2.05) is 0 Å². The lowest BCUT2D eigenvalue weighted by atomic mass is 9.80. The summed E-state index contributed by atoms with van der Waals surface area (Å²) in [7, 11) is 0. The number of aromatic nitrogens is 2. The molecule has 0 aromatic carbocycles. The van der Waals surface area contributed by atoms with Crippen LogP contribution in [0, 0.1) is 5.92 Å². The number of hydrazine groups is 1. The maximum absolute atomic E-state index is 6.02. The van der Waals surface area contributed by atoms with E-state index in [1.165, 1.54) is 16.4 Å². The van der Waals surface area contributed by atoms with Gasteiger partial charge in [0, 0.05) is 19.6 Å². The van der Waals surface area contributed by atoms with Crippen LogP contribution in [0.3, 0.4) is 0 Å². The lowest BCUT2D eigenvalue weighted by molar-refractivity contribution is -0.103. The lowest BCUT2D eigenvalue weighted by Gasteiger charge is -2.40. The van der Waals surface area contributed by atoms with Gasteiger partial charge in [-0.15, -0.1) is 5.10 Å². The average molecular weight is 312 g/mol. The monoisotopic (exact) mass is 312 g/mol. The van der Waals surface area contributed by atoms with Gasteiger partial charge in [0.05, 0.1) is 28.8 Å². The van der Waals surface area contributed by atoms with E-state index in [9.17, 15) is 0 Å². The van der Waals surface area contributed by atoms with E-state index in [4.69, 9.17) is 15.3 Å². The predicted octanol–water partition coefficient (Wildman–Crippen LogP) is 1.75. The quantitative estimate of drug-likeness (QED) is 0.651. The summed E-state index contributed by atoms with van der Waals surface area (Å²) < 4.78 is 15.7. The summed E-state index contributed by atoms with van der Waals surface area (Å²) in [6.07, 6.45) is 2.97. The number of hydrogen-bond donors (Lipinski definition) is 2. The maximum atomic E-state index is 6.02. The van der Waals surface area contributed by atoms with Crippen LogP contribution in [-0.2, 0) is 9.47 Å². The second kappa shape index (κ2) is 6.26. The Balaban J connectivity index is 1.80. The fourth-order valence-electron chi connectivity index (χ4n) is 3.46. The van der Waals surface area contributed by atoms with Crippen molar-refractivity contribution in [3.63, 3.8) is 0 Å². The molecule has 118 valence electrons. The highest BCUT2D eigenvalue weighted by Gasteiger charge is 2.43. The number of nitrogens with two attached hydrogens (primary N) is 1. The molecule has 3 unspecified atom stereocenters. The Morgan fingerprint density at radius 2 is 2.29 bits per heavy atom. The van der Waals surface area contributed by atoms with E-state index in [0.717, 1.165) is 38.2 Å². The number of nitrogens with zero attached hydrogens (tertiary/aromatic N) is 2. The molecule has 3 rings (SSSR count). The molecule has 1 spiro atoms. The Morgan fingerprint density at radius 3 is 2.95 bits per heavy atom. The van der Waals surface area contributed by atoms with Crippen LogP contribution in [0.5, 0.6) is 0 Å². The van der Waals surface area contributed by atoms with Crippen LogP contribution in [0.1, 0.15) is 55.6 Å². The molecule has 0 aliphatic carbocycles. The Kier molecular flexibility index (Phi) is 4.56. The first-order valence-electron chi connectivity index (χ1n) is 7.65. The van der Waals surface area contributed by atoms with Crippen LogP contribution in [0.15, 0.2) is 0 Å². The highest BCUT2D eigenvalue weighted by atomic mass is 32.1.